The number of nitrogens with one attached hydrogen (secondary N) is 1. The molecule has 0 radical (unpaired) electrons. The van der Waals surface area contributed by atoms with Crippen LogP contribution in [0.5, 0.6) is 0 Å². The van der Waals surface area contributed by atoms with Crippen LogP contribution in [0.2, 0.25) is 5.02 Å². The van der Waals surface area contributed by atoms with Gasteiger partial charge in [-0.3, -0.25) is 5.32 Å². The van der Waals surface area contributed by atoms with E-state index in [0.717, 1.165) is 10.9 Å². The summed E-state index contributed by atoms with van der Waals surface area (Å²) in [6, 6.07) is 6.82. The predicted octanol–water partition coefficient (Wildman–Crippen LogP) is 3.17. The minimum atomic E-state index is -0.523. The Morgan fingerprint density at radius 3 is 3.05 bits per heavy atom. The summed E-state index contributed by atoms with van der Waals surface area (Å²) in [6.45, 7) is 0. The molecule has 6 nitrogen and oxygen atoms in total. The Labute approximate surface area is 124 Å². The van der Waals surface area contributed by atoms with Crippen molar-refractivity contribution in [1.82, 2.24) is 14.8 Å². The van der Waals surface area contributed by atoms with Gasteiger partial charge < -0.3 is 4.74 Å². The number of rotatable bonds is 2. The van der Waals surface area contributed by atoms with E-state index in [9.17, 15) is 4.79 Å². The summed E-state index contributed by atoms with van der Waals surface area (Å²) in [4.78, 5) is 16.0. The first-order valence-corrected chi connectivity index (χ1v) is 7.34. The monoisotopic (exact) mass is 310 g/mol. The van der Waals surface area contributed by atoms with Crippen molar-refractivity contribution in [2.24, 2.45) is 0 Å². The fraction of sp³-hybridized carbons (Fsp3) is 0.250. The molecular formula is C12H11ClN4O2S. The summed E-state index contributed by atoms with van der Waals surface area (Å²) in [6.07, 6.45) is 1.22. The largest absolute Gasteiger partial charge is 0.423 e. The molecule has 0 saturated heterocycles. The molecule has 1 aromatic carbocycles. The number of benzene rings is 1. The van der Waals surface area contributed by atoms with Crippen LogP contribution in [-0.4, -0.2) is 26.6 Å². The number of ether oxygens (including phenoxy) is 1. The summed E-state index contributed by atoms with van der Waals surface area (Å²) in [5.74, 6) is 0.845. The number of amides is 1. The number of thioether (sulfide) groups is 1. The molecule has 0 saturated carbocycles. The molecule has 0 aliphatic carbocycles. The van der Waals surface area contributed by atoms with Crippen LogP contribution in [0.15, 0.2) is 35.7 Å². The van der Waals surface area contributed by atoms with E-state index in [-0.39, 0.29) is 0 Å². The van der Waals surface area contributed by atoms with Crippen LogP contribution >= 0.6 is 23.4 Å². The normalized spacial score (nSPS) is 17.4. The average molecular weight is 311 g/mol. The molecule has 0 spiro atoms. The Kier molecular flexibility index (Phi) is 3.79. The third-order valence-corrected chi connectivity index (χ3v) is 3.99. The van der Waals surface area contributed by atoms with Gasteiger partial charge in [-0.05, 0) is 24.3 Å². The summed E-state index contributed by atoms with van der Waals surface area (Å²) in [5.41, 5.74) is 0.628. The number of anilines is 1. The second-order valence-corrected chi connectivity index (χ2v) is 5.61. The third kappa shape index (κ3) is 2.88. The zero-order valence-corrected chi connectivity index (χ0v) is 11.9. The third-order valence-electron chi connectivity index (χ3n) is 2.74. The number of hydrogen-bond acceptors (Lipinski definition) is 5. The maximum absolute atomic E-state index is 11.9. The van der Waals surface area contributed by atoms with E-state index in [1.807, 2.05) is 0 Å². The minimum Gasteiger partial charge on any atom is -0.423 e. The van der Waals surface area contributed by atoms with Gasteiger partial charge in [0.25, 0.3) is 0 Å². The summed E-state index contributed by atoms with van der Waals surface area (Å²) in [5, 5.41) is 8.10. The molecule has 8 heteroatoms. The van der Waals surface area contributed by atoms with Crippen molar-refractivity contribution in [3.05, 3.63) is 35.6 Å². The van der Waals surface area contributed by atoms with Crippen molar-refractivity contribution >= 4 is 35.1 Å². The highest BCUT2D eigenvalue weighted by molar-refractivity contribution is 7.99. The van der Waals surface area contributed by atoms with Gasteiger partial charge in [-0.2, -0.15) is 5.10 Å². The van der Waals surface area contributed by atoms with E-state index in [4.69, 9.17) is 16.3 Å². The molecule has 0 fully saturated rings. The fourth-order valence-corrected chi connectivity index (χ4v) is 2.87. The van der Waals surface area contributed by atoms with E-state index < -0.39 is 12.3 Å². The van der Waals surface area contributed by atoms with E-state index >= 15 is 0 Å². The lowest BCUT2D eigenvalue weighted by atomic mass is 10.3. The summed E-state index contributed by atoms with van der Waals surface area (Å²) >= 11 is 7.38. The fourth-order valence-electron chi connectivity index (χ4n) is 1.83. The van der Waals surface area contributed by atoms with E-state index in [1.54, 1.807) is 40.7 Å². The molecule has 3 rings (SSSR count). The van der Waals surface area contributed by atoms with Crippen LogP contribution in [0.3, 0.4) is 0 Å². The van der Waals surface area contributed by atoms with Gasteiger partial charge in [0, 0.05) is 22.9 Å². The molecule has 1 aromatic heterocycles. The van der Waals surface area contributed by atoms with Gasteiger partial charge >= 0.3 is 6.09 Å². The summed E-state index contributed by atoms with van der Waals surface area (Å²) in [7, 11) is 0. The highest BCUT2D eigenvalue weighted by atomic mass is 35.5. The molecule has 2 heterocycles. The SMILES string of the molecule is O=C(Nc1ccc(Cl)cc1)OC1CCSc2ncnn21. The maximum atomic E-state index is 11.9. The van der Waals surface area contributed by atoms with Crippen molar-refractivity contribution in [3.8, 4) is 0 Å². The van der Waals surface area contributed by atoms with Crippen LogP contribution in [-0.2, 0) is 4.74 Å². The van der Waals surface area contributed by atoms with Gasteiger partial charge in [-0.1, -0.05) is 23.4 Å². The van der Waals surface area contributed by atoms with E-state index in [1.165, 1.54) is 6.33 Å². The molecule has 1 unspecified atom stereocenters. The zero-order chi connectivity index (χ0) is 13.9. The molecule has 20 heavy (non-hydrogen) atoms. The number of aromatic nitrogens is 3. The van der Waals surface area contributed by atoms with Crippen molar-refractivity contribution in [3.63, 3.8) is 0 Å². The van der Waals surface area contributed by atoms with Crippen LogP contribution in [0.1, 0.15) is 12.6 Å². The van der Waals surface area contributed by atoms with Crippen molar-refractivity contribution in [1.29, 1.82) is 0 Å². The lowest BCUT2D eigenvalue weighted by Gasteiger charge is -2.22. The molecule has 1 aliphatic rings. The van der Waals surface area contributed by atoms with E-state index in [2.05, 4.69) is 15.4 Å². The number of carbonyl (C=O) groups is 1. The Morgan fingerprint density at radius 2 is 2.25 bits per heavy atom. The van der Waals surface area contributed by atoms with E-state index in [0.29, 0.717) is 17.1 Å². The van der Waals surface area contributed by atoms with Gasteiger partial charge in [0.05, 0.1) is 0 Å². The Bertz CT molecular complexity index is 616. The Hall–Kier alpha value is -1.73. The Morgan fingerprint density at radius 1 is 1.45 bits per heavy atom. The van der Waals surface area contributed by atoms with Crippen molar-refractivity contribution in [2.75, 3.05) is 11.1 Å². The van der Waals surface area contributed by atoms with Gasteiger partial charge in [-0.25, -0.2) is 14.5 Å². The maximum Gasteiger partial charge on any atom is 0.413 e. The van der Waals surface area contributed by atoms with Crippen LogP contribution in [0.4, 0.5) is 10.5 Å². The van der Waals surface area contributed by atoms with Crippen LogP contribution < -0.4 is 5.32 Å². The van der Waals surface area contributed by atoms with Crippen LogP contribution in [0.25, 0.3) is 0 Å². The number of hydrogen-bond donors (Lipinski definition) is 1. The quantitative estimate of drug-likeness (QED) is 0.922. The molecule has 0 bridgehead atoms. The number of fused-ring (bicyclic) bond motifs is 1. The van der Waals surface area contributed by atoms with Gasteiger partial charge in [0.15, 0.2) is 11.4 Å². The highest BCUT2D eigenvalue weighted by Gasteiger charge is 2.25. The van der Waals surface area contributed by atoms with Crippen LogP contribution in [0, 0.1) is 0 Å². The lowest BCUT2D eigenvalue weighted by molar-refractivity contribution is 0.0463. The topological polar surface area (TPSA) is 69.0 Å². The first-order valence-electron chi connectivity index (χ1n) is 5.98. The number of carbonyl (C=O) groups excluding carboxylic acids is 1. The van der Waals surface area contributed by atoms with Crippen molar-refractivity contribution < 1.29 is 9.53 Å². The molecule has 1 atom stereocenters. The first kappa shape index (κ1) is 13.3. The van der Waals surface area contributed by atoms with Gasteiger partial charge in [-0.15, -0.1) is 0 Å². The van der Waals surface area contributed by atoms with Gasteiger partial charge in [0.1, 0.15) is 6.33 Å². The Balaban J connectivity index is 1.64. The molecule has 1 amide bonds. The lowest BCUT2D eigenvalue weighted by Crippen LogP contribution is -2.25. The zero-order valence-electron chi connectivity index (χ0n) is 10.3. The average Bonchev–Trinajstić information content (AvgIpc) is 2.91. The highest BCUT2D eigenvalue weighted by Crippen LogP contribution is 2.29. The molecule has 1 N–H and O–H groups in total. The van der Waals surface area contributed by atoms with Gasteiger partial charge in [0.2, 0.25) is 0 Å². The smallest absolute Gasteiger partial charge is 0.413 e. The first-order chi connectivity index (χ1) is 9.72. The second-order valence-electron chi connectivity index (χ2n) is 4.12. The standard InChI is InChI=1S/C12H11ClN4O2S/c13-8-1-3-9(4-2-8)16-12(18)19-10-5-6-20-11-14-7-15-17(10)11/h1-4,7,10H,5-6H2,(H,16,18). The predicted molar refractivity (Wildman–Crippen MR) is 76.0 cm³/mol. The molecule has 1 aliphatic heterocycles. The molecular weight excluding hydrogens is 300 g/mol. The van der Waals surface area contributed by atoms with Crippen molar-refractivity contribution in [2.45, 2.75) is 17.8 Å². The molecule has 2 aromatic rings. The number of halogens is 1. The minimum absolute atomic E-state index is 0.416. The second kappa shape index (κ2) is 5.72. The number of nitrogens with zero attached hydrogens (tertiary/aromatic N) is 3. The molecule has 104 valence electrons. The summed E-state index contributed by atoms with van der Waals surface area (Å²) < 4.78 is 7.00.